The third-order valence-electron chi connectivity index (χ3n) is 5.40. The van der Waals surface area contributed by atoms with E-state index >= 15 is 0 Å². The predicted octanol–water partition coefficient (Wildman–Crippen LogP) is 2.50. The predicted molar refractivity (Wildman–Crippen MR) is 96.9 cm³/mol. The van der Waals surface area contributed by atoms with E-state index in [9.17, 15) is 9.90 Å². The van der Waals surface area contributed by atoms with E-state index in [0.29, 0.717) is 16.9 Å². The Bertz CT molecular complexity index is 810. The fourth-order valence-electron chi connectivity index (χ4n) is 3.79. The van der Waals surface area contributed by atoms with Crippen LogP contribution in [0.2, 0.25) is 0 Å². The number of carboxylic acid groups (broad SMARTS) is 1. The summed E-state index contributed by atoms with van der Waals surface area (Å²) in [6.07, 6.45) is 5.50. The molecule has 2 fully saturated rings. The van der Waals surface area contributed by atoms with Gasteiger partial charge in [0, 0.05) is 18.5 Å². The maximum atomic E-state index is 11.4. The molecule has 0 bridgehead atoms. The quantitative estimate of drug-likeness (QED) is 0.904. The third kappa shape index (κ3) is 3.10. The minimum absolute atomic E-state index is 0.123. The van der Waals surface area contributed by atoms with Crippen LogP contribution < -0.4 is 9.64 Å². The highest BCUT2D eigenvalue weighted by molar-refractivity contribution is 5.91. The van der Waals surface area contributed by atoms with Gasteiger partial charge in [-0.3, -0.25) is 0 Å². The molecule has 2 aliphatic heterocycles. The van der Waals surface area contributed by atoms with Crippen molar-refractivity contribution in [2.24, 2.45) is 5.41 Å². The normalized spacial score (nSPS) is 19.2. The van der Waals surface area contributed by atoms with Crippen molar-refractivity contribution in [3.8, 4) is 11.5 Å². The lowest BCUT2D eigenvalue weighted by molar-refractivity contribution is 0.0694. The molecule has 0 aliphatic carbocycles. The molecule has 0 radical (unpaired) electrons. The Hall–Kier alpha value is -2.67. The summed E-state index contributed by atoms with van der Waals surface area (Å²) in [5.74, 6) is 0.493. The van der Waals surface area contributed by atoms with Gasteiger partial charge in [-0.25, -0.2) is 14.8 Å². The number of para-hydroxylation sites is 1. The van der Waals surface area contributed by atoms with Crippen LogP contribution in [0.4, 0.5) is 5.82 Å². The van der Waals surface area contributed by atoms with Crippen molar-refractivity contribution in [3.63, 3.8) is 0 Å². The average Bonchev–Trinajstić information content (AvgIpc) is 2.62. The van der Waals surface area contributed by atoms with Crippen LogP contribution in [0.15, 0.2) is 36.8 Å². The summed E-state index contributed by atoms with van der Waals surface area (Å²) in [5, 5.41) is 9.34. The highest BCUT2D eigenvalue weighted by Crippen LogP contribution is 2.44. The van der Waals surface area contributed by atoms with Crippen LogP contribution in [0.1, 0.15) is 23.2 Å². The maximum absolute atomic E-state index is 11.4. The van der Waals surface area contributed by atoms with Crippen molar-refractivity contribution in [2.45, 2.75) is 12.8 Å². The number of anilines is 1. The minimum atomic E-state index is -1.02. The lowest BCUT2D eigenvalue weighted by atomic mass is 9.72. The lowest BCUT2D eigenvalue weighted by Crippen LogP contribution is -2.60. The Labute approximate surface area is 152 Å². The SMILES string of the molecule is CN1CCC2(CC1)CN(c1ncncc1Oc1ccccc1C(=O)O)C2. The van der Waals surface area contributed by atoms with Crippen molar-refractivity contribution in [1.29, 1.82) is 0 Å². The van der Waals surface area contributed by atoms with E-state index in [4.69, 9.17) is 4.74 Å². The number of aromatic carboxylic acids is 1. The number of rotatable bonds is 4. The molecule has 0 amide bonds. The van der Waals surface area contributed by atoms with Gasteiger partial charge in [-0.1, -0.05) is 12.1 Å². The zero-order valence-electron chi connectivity index (χ0n) is 14.8. The molecule has 2 aliphatic rings. The topological polar surface area (TPSA) is 78.8 Å². The molecular weight excluding hydrogens is 332 g/mol. The Morgan fingerprint density at radius 3 is 2.65 bits per heavy atom. The van der Waals surface area contributed by atoms with Crippen molar-refractivity contribution in [3.05, 3.63) is 42.4 Å². The first-order chi connectivity index (χ1) is 12.6. The first-order valence-electron chi connectivity index (χ1n) is 8.80. The number of hydrogen-bond acceptors (Lipinski definition) is 6. The average molecular weight is 354 g/mol. The highest BCUT2D eigenvalue weighted by atomic mass is 16.5. The number of nitrogens with zero attached hydrogens (tertiary/aromatic N) is 4. The van der Waals surface area contributed by atoms with Gasteiger partial charge in [-0.2, -0.15) is 0 Å². The van der Waals surface area contributed by atoms with Gasteiger partial charge in [-0.05, 0) is 45.1 Å². The largest absolute Gasteiger partial charge is 0.478 e. The van der Waals surface area contributed by atoms with Gasteiger partial charge in [0.25, 0.3) is 0 Å². The molecule has 0 saturated carbocycles. The number of hydrogen-bond donors (Lipinski definition) is 1. The summed E-state index contributed by atoms with van der Waals surface area (Å²) < 4.78 is 5.90. The highest BCUT2D eigenvalue weighted by Gasteiger charge is 2.45. The molecule has 1 N–H and O–H groups in total. The molecule has 2 aromatic rings. The zero-order chi connectivity index (χ0) is 18.1. The molecule has 1 aromatic heterocycles. The molecule has 7 nitrogen and oxygen atoms in total. The minimum Gasteiger partial charge on any atom is -0.478 e. The molecule has 7 heteroatoms. The molecular formula is C19H22N4O3. The number of carbonyl (C=O) groups is 1. The third-order valence-corrected chi connectivity index (χ3v) is 5.40. The Morgan fingerprint density at radius 1 is 1.19 bits per heavy atom. The zero-order valence-corrected chi connectivity index (χ0v) is 14.8. The maximum Gasteiger partial charge on any atom is 0.339 e. The van der Waals surface area contributed by atoms with Crippen LogP contribution in [0.25, 0.3) is 0 Å². The molecule has 3 heterocycles. The Kier molecular flexibility index (Phi) is 4.24. The number of carboxylic acids is 1. The van der Waals surface area contributed by atoms with Gasteiger partial charge in [-0.15, -0.1) is 0 Å². The van der Waals surface area contributed by atoms with E-state index in [1.807, 2.05) is 0 Å². The van der Waals surface area contributed by atoms with Crippen LogP contribution in [0.3, 0.4) is 0 Å². The van der Waals surface area contributed by atoms with Gasteiger partial charge >= 0.3 is 5.97 Å². The first-order valence-corrected chi connectivity index (χ1v) is 8.80. The van der Waals surface area contributed by atoms with E-state index in [2.05, 4.69) is 26.8 Å². The molecule has 4 rings (SSSR count). The number of likely N-dealkylation sites (tertiary alicyclic amines) is 1. The van der Waals surface area contributed by atoms with Crippen LogP contribution in [-0.2, 0) is 0 Å². The smallest absolute Gasteiger partial charge is 0.339 e. The second kappa shape index (κ2) is 6.57. The van der Waals surface area contributed by atoms with Crippen LogP contribution in [0.5, 0.6) is 11.5 Å². The van der Waals surface area contributed by atoms with Crippen molar-refractivity contribution in [2.75, 3.05) is 38.1 Å². The number of benzene rings is 1. The van der Waals surface area contributed by atoms with Crippen molar-refractivity contribution < 1.29 is 14.6 Å². The monoisotopic (exact) mass is 354 g/mol. The number of piperidine rings is 1. The molecule has 2 saturated heterocycles. The molecule has 136 valence electrons. The Morgan fingerprint density at radius 2 is 1.92 bits per heavy atom. The molecule has 0 unspecified atom stereocenters. The van der Waals surface area contributed by atoms with Gasteiger partial charge in [0.05, 0.1) is 6.20 Å². The van der Waals surface area contributed by atoms with Crippen molar-refractivity contribution >= 4 is 11.8 Å². The molecule has 26 heavy (non-hydrogen) atoms. The summed E-state index contributed by atoms with van der Waals surface area (Å²) in [6.45, 7) is 4.17. The fraction of sp³-hybridized carbons (Fsp3) is 0.421. The second-order valence-electron chi connectivity index (χ2n) is 7.27. The first kappa shape index (κ1) is 16.8. The van der Waals surface area contributed by atoms with E-state index in [1.54, 1.807) is 24.4 Å². The van der Waals surface area contributed by atoms with Gasteiger partial charge in [0.2, 0.25) is 0 Å². The summed E-state index contributed by atoms with van der Waals surface area (Å²) in [4.78, 5) is 24.4. The van der Waals surface area contributed by atoms with Crippen LogP contribution in [-0.4, -0.2) is 59.2 Å². The molecule has 1 spiro atoms. The van der Waals surface area contributed by atoms with Crippen molar-refractivity contribution in [1.82, 2.24) is 14.9 Å². The number of ether oxygens (including phenoxy) is 1. The number of aromatic nitrogens is 2. The van der Waals surface area contributed by atoms with Gasteiger partial charge in [0.15, 0.2) is 11.6 Å². The van der Waals surface area contributed by atoms with E-state index < -0.39 is 5.97 Å². The van der Waals surface area contributed by atoms with E-state index in [-0.39, 0.29) is 5.56 Å². The van der Waals surface area contributed by atoms with E-state index in [0.717, 1.165) is 32.0 Å². The lowest BCUT2D eigenvalue weighted by Gasteiger charge is -2.54. The van der Waals surface area contributed by atoms with E-state index in [1.165, 1.54) is 25.2 Å². The summed E-state index contributed by atoms with van der Waals surface area (Å²) in [7, 11) is 2.17. The summed E-state index contributed by atoms with van der Waals surface area (Å²) in [5.41, 5.74) is 0.492. The fourth-order valence-corrected chi connectivity index (χ4v) is 3.79. The molecule has 1 aromatic carbocycles. The summed E-state index contributed by atoms with van der Waals surface area (Å²) in [6, 6.07) is 6.60. The van der Waals surface area contributed by atoms with Crippen LogP contribution >= 0.6 is 0 Å². The van der Waals surface area contributed by atoms with Gasteiger partial charge in [0.1, 0.15) is 17.6 Å². The standard InChI is InChI=1S/C19H22N4O3/c1-22-8-6-19(7-9-22)11-23(12-19)17-16(10-20-13-21-17)26-15-5-3-2-4-14(15)18(24)25/h2-5,10,13H,6-9,11-12H2,1H3,(H,24,25). The Balaban J connectivity index is 1.53. The summed E-state index contributed by atoms with van der Waals surface area (Å²) >= 11 is 0. The van der Waals surface area contributed by atoms with Gasteiger partial charge < -0.3 is 19.6 Å². The molecule has 0 atom stereocenters. The second-order valence-corrected chi connectivity index (χ2v) is 7.27. The van der Waals surface area contributed by atoms with Crippen LogP contribution in [0, 0.1) is 5.41 Å².